The van der Waals surface area contributed by atoms with Crippen molar-refractivity contribution in [2.75, 3.05) is 19.6 Å². The van der Waals surface area contributed by atoms with Crippen LogP contribution >= 0.6 is 0 Å². The van der Waals surface area contributed by atoms with Gasteiger partial charge in [-0.25, -0.2) is 4.99 Å². The van der Waals surface area contributed by atoms with Gasteiger partial charge in [-0.1, -0.05) is 0 Å². The molecular weight excluding hydrogens is 259 g/mol. The van der Waals surface area contributed by atoms with Crippen molar-refractivity contribution in [3.05, 3.63) is 11.8 Å². The van der Waals surface area contributed by atoms with E-state index in [1.807, 2.05) is 0 Å². The lowest BCUT2D eigenvalue weighted by atomic mass is 10.0. The topological polar surface area (TPSA) is 59.6 Å². The van der Waals surface area contributed by atoms with Crippen LogP contribution in [0.4, 0.5) is 13.2 Å². The zero-order valence-electron chi connectivity index (χ0n) is 10.5. The van der Waals surface area contributed by atoms with Crippen LogP contribution in [0.2, 0.25) is 0 Å². The third-order valence-electron chi connectivity index (χ3n) is 3.26. The van der Waals surface area contributed by atoms with Gasteiger partial charge in [-0.15, -0.1) is 0 Å². The summed E-state index contributed by atoms with van der Waals surface area (Å²) in [5.41, 5.74) is 4.58. The molecule has 1 atom stereocenters. The number of ether oxygens (including phenoxy) is 1. The van der Waals surface area contributed by atoms with Crippen LogP contribution in [0, 0.1) is 5.92 Å². The van der Waals surface area contributed by atoms with Crippen LogP contribution in [0.15, 0.2) is 16.8 Å². The van der Waals surface area contributed by atoms with E-state index in [9.17, 15) is 13.2 Å². The van der Waals surface area contributed by atoms with Crippen LogP contribution in [0.25, 0.3) is 0 Å². The van der Waals surface area contributed by atoms with Crippen molar-refractivity contribution in [2.45, 2.75) is 31.5 Å². The summed E-state index contributed by atoms with van der Waals surface area (Å²) in [6.07, 6.45) is -1.48. The average molecular weight is 277 g/mol. The van der Waals surface area contributed by atoms with Crippen LogP contribution in [-0.2, 0) is 4.74 Å². The summed E-state index contributed by atoms with van der Waals surface area (Å²) in [6, 6.07) is 0. The van der Waals surface area contributed by atoms with Crippen molar-refractivity contribution in [2.24, 2.45) is 16.6 Å². The fourth-order valence-corrected chi connectivity index (χ4v) is 2.21. The molecule has 108 valence electrons. The molecule has 0 bridgehead atoms. The molecule has 3 N–H and O–H groups in total. The lowest BCUT2D eigenvalue weighted by Crippen LogP contribution is -2.35. The number of halogens is 3. The summed E-state index contributed by atoms with van der Waals surface area (Å²) < 4.78 is 43.8. The average Bonchev–Trinajstić information content (AvgIpc) is 2.38. The monoisotopic (exact) mass is 277 g/mol. The van der Waals surface area contributed by atoms with Crippen molar-refractivity contribution in [1.29, 1.82) is 0 Å². The summed E-state index contributed by atoms with van der Waals surface area (Å²) in [6.45, 7) is 1.80. The maximum absolute atomic E-state index is 12.7. The molecule has 2 heterocycles. The van der Waals surface area contributed by atoms with Gasteiger partial charge < -0.3 is 15.8 Å². The smallest absolute Gasteiger partial charge is 0.433 e. The Morgan fingerprint density at radius 3 is 2.63 bits per heavy atom. The highest BCUT2D eigenvalue weighted by Crippen LogP contribution is 2.32. The van der Waals surface area contributed by atoms with E-state index in [1.54, 1.807) is 0 Å². The molecule has 19 heavy (non-hydrogen) atoms. The Morgan fingerprint density at radius 1 is 1.37 bits per heavy atom. The maximum atomic E-state index is 12.7. The van der Waals surface area contributed by atoms with Gasteiger partial charge in [0.2, 0.25) is 0 Å². The van der Waals surface area contributed by atoms with E-state index in [4.69, 9.17) is 10.5 Å². The predicted octanol–water partition coefficient (Wildman–Crippen LogP) is 1.58. The van der Waals surface area contributed by atoms with Gasteiger partial charge in [0.1, 0.15) is 11.8 Å². The number of nitrogens with two attached hydrogens (primary N) is 1. The van der Waals surface area contributed by atoms with Crippen LogP contribution in [0.3, 0.4) is 0 Å². The number of aliphatic imine (C=N–C) groups is 1. The van der Waals surface area contributed by atoms with Gasteiger partial charge in [-0.3, -0.25) is 0 Å². The third kappa shape index (κ3) is 3.94. The largest absolute Gasteiger partial charge is 0.477 e. The Hall–Kier alpha value is -1.08. The number of hydrogen-bond donors (Lipinski definition) is 2. The highest BCUT2D eigenvalue weighted by atomic mass is 19.4. The van der Waals surface area contributed by atoms with E-state index in [2.05, 4.69) is 10.3 Å². The fourth-order valence-electron chi connectivity index (χ4n) is 2.21. The molecule has 1 saturated heterocycles. The molecule has 2 aliphatic rings. The molecule has 0 amide bonds. The molecule has 7 heteroatoms. The molecule has 0 aromatic heterocycles. The highest BCUT2D eigenvalue weighted by Gasteiger charge is 2.37. The van der Waals surface area contributed by atoms with Crippen molar-refractivity contribution in [3.63, 3.8) is 0 Å². The van der Waals surface area contributed by atoms with Crippen molar-refractivity contribution >= 4 is 5.90 Å². The van der Waals surface area contributed by atoms with Gasteiger partial charge >= 0.3 is 6.18 Å². The first-order valence-corrected chi connectivity index (χ1v) is 6.43. The SMILES string of the molecule is NCC1C=C(C(F)(F)F)N=C(OC2CCNCC2)C1. The van der Waals surface area contributed by atoms with Gasteiger partial charge in [-0.2, -0.15) is 13.2 Å². The van der Waals surface area contributed by atoms with E-state index in [1.165, 1.54) is 0 Å². The number of nitrogens with one attached hydrogen (secondary N) is 1. The minimum Gasteiger partial charge on any atom is -0.477 e. The first-order chi connectivity index (χ1) is 8.99. The Morgan fingerprint density at radius 2 is 2.05 bits per heavy atom. The summed E-state index contributed by atoms with van der Waals surface area (Å²) in [5, 5.41) is 3.17. The first kappa shape index (κ1) is 14.3. The molecule has 0 aliphatic carbocycles. The standard InChI is InChI=1S/C12H18F3N3O/c13-12(14,15)10-5-8(7-16)6-11(18-10)19-9-1-3-17-4-2-9/h5,8-9,17H,1-4,6-7,16H2. The van der Waals surface area contributed by atoms with E-state index in [0.29, 0.717) is 6.42 Å². The van der Waals surface area contributed by atoms with Crippen LogP contribution in [-0.4, -0.2) is 37.8 Å². The van der Waals surface area contributed by atoms with E-state index in [-0.39, 0.29) is 24.5 Å². The van der Waals surface area contributed by atoms with Crippen molar-refractivity contribution in [1.82, 2.24) is 5.32 Å². The number of allylic oxidation sites excluding steroid dienone is 1. The zero-order chi connectivity index (χ0) is 13.9. The second-order valence-electron chi connectivity index (χ2n) is 4.82. The summed E-state index contributed by atoms with van der Waals surface area (Å²) in [5.74, 6) is -0.192. The van der Waals surface area contributed by atoms with Gasteiger partial charge in [0.25, 0.3) is 0 Å². The summed E-state index contributed by atoms with van der Waals surface area (Å²) in [4.78, 5) is 3.60. The van der Waals surface area contributed by atoms with Crippen LogP contribution in [0.1, 0.15) is 19.3 Å². The molecule has 1 fully saturated rings. The van der Waals surface area contributed by atoms with Gasteiger partial charge in [0.05, 0.1) is 0 Å². The van der Waals surface area contributed by atoms with Gasteiger partial charge in [0.15, 0.2) is 5.90 Å². The quantitative estimate of drug-likeness (QED) is 0.805. The molecule has 1 unspecified atom stereocenters. The molecule has 0 aromatic rings. The normalized spacial score (nSPS) is 25.8. The van der Waals surface area contributed by atoms with Crippen LogP contribution in [0.5, 0.6) is 0 Å². The summed E-state index contributed by atoms with van der Waals surface area (Å²) >= 11 is 0. The lowest BCUT2D eigenvalue weighted by Gasteiger charge is -2.27. The minimum absolute atomic E-state index is 0.0500. The van der Waals surface area contributed by atoms with E-state index in [0.717, 1.165) is 32.0 Å². The molecule has 4 nitrogen and oxygen atoms in total. The second kappa shape index (κ2) is 5.92. The lowest BCUT2D eigenvalue weighted by molar-refractivity contribution is -0.0935. The Kier molecular flexibility index (Phi) is 4.46. The molecule has 0 radical (unpaired) electrons. The van der Waals surface area contributed by atoms with Crippen molar-refractivity contribution < 1.29 is 17.9 Å². The first-order valence-electron chi connectivity index (χ1n) is 6.43. The maximum Gasteiger partial charge on any atom is 0.433 e. The summed E-state index contributed by atoms with van der Waals surface area (Å²) in [7, 11) is 0. The molecule has 0 spiro atoms. The van der Waals surface area contributed by atoms with Crippen molar-refractivity contribution in [3.8, 4) is 0 Å². The zero-order valence-corrected chi connectivity index (χ0v) is 10.5. The molecular formula is C12H18F3N3O. The number of nitrogens with zero attached hydrogens (tertiary/aromatic N) is 1. The Bertz CT molecular complexity index is 373. The fraction of sp³-hybridized carbons (Fsp3) is 0.750. The number of rotatable bonds is 2. The predicted molar refractivity (Wildman–Crippen MR) is 65.7 cm³/mol. The van der Waals surface area contributed by atoms with E-state index < -0.39 is 11.9 Å². The second-order valence-corrected chi connectivity index (χ2v) is 4.82. The van der Waals surface area contributed by atoms with Crippen LogP contribution < -0.4 is 11.1 Å². The highest BCUT2D eigenvalue weighted by molar-refractivity contribution is 5.79. The van der Waals surface area contributed by atoms with Gasteiger partial charge in [0, 0.05) is 12.3 Å². The molecule has 0 saturated carbocycles. The Balaban J connectivity index is 2.06. The minimum atomic E-state index is -4.45. The van der Waals surface area contributed by atoms with E-state index >= 15 is 0 Å². The Labute approximate surface area is 109 Å². The van der Waals surface area contributed by atoms with Gasteiger partial charge in [-0.05, 0) is 38.6 Å². The third-order valence-corrected chi connectivity index (χ3v) is 3.26. The molecule has 2 rings (SSSR count). The molecule has 2 aliphatic heterocycles. The molecule has 0 aromatic carbocycles. The number of piperidine rings is 1. The number of hydrogen-bond acceptors (Lipinski definition) is 4. The number of alkyl halides is 3.